The van der Waals surface area contributed by atoms with E-state index >= 15 is 0 Å². The number of aliphatic hydroxyl groups is 2. The number of carboxylic acid groups (broad SMARTS) is 1. The van der Waals surface area contributed by atoms with E-state index in [0.29, 0.717) is 10.6 Å². The van der Waals surface area contributed by atoms with Gasteiger partial charge in [-0.25, -0.2) is 28.6 Å². The van der Waals surface area contributed by atoms with Gasteiger partial charge in [0.2, 0.25) is 11.8 Å². The minimum atomic E-state index is -5.61. The van der Waals surface area contributed by atoms with Gasteiger partial charge < -0.3 is 56.0 Å². The molecule has 62 heavy (non-hydrogen) atoms. The second-order valence-electron chi connectivity index (χ2n) is 13.9. The van der Waals surface area contributed by atoms with Crippen LogP contribution < -0.4 is 16.4 Å². The van der Waals surface area contributed by atoms with Gasteiger partial charge in [-0.3, -0.25) is 37.3 Å². The van der Waals surface area contributed by atoms with Crippen LogP contribution in [0.5, 0.6) is 0 Å². The topological polar surface area (TPSA) is 401 Å². The Morgan fingerprint density at radius 3 is 2.32 bits per heavy atom. The summed E-state index contributed by atoms with van der Waals surface area (Å²) in [6.45, 7) is 0.0915. The maximum atomic E-state index is 12.7. The van der Waals surface area contributed by atoms with Crippen molar-refractivity contribution in [3.05, 3.63) is 47.5 Å². The molecule has 1 aliphatic heterocycles. The molecule has 26 nitrogen and oxygen atoms in total. The molecule has 11 N–H and O–H groups in total. The molecule has 3 heterocycles. The van der Waals surface area contributed by atoms with Crippen molar-refractivity contribution in [1.82, 2.24) is 30.2 Å². The van der Waals surface area contributed by atoms with Crippen LogP contribution in [0.4, 0.5) is 5.82 Å². The number of nitrogens with zero attached hydrogens (tertiary/aromatic N) is 4. The highest BCUT2D eigenvalue weighted by molar-refractivity contribution is 8.00. The van der Waals surface area contributed by atoms with Crippen molar-refractivity contribution < 1.29 is 90.4 Å². The number of carboxylic acids is 1. The lowest BCUT2D eigenvalue weighted by molar-refractivity contribution is -0.137. The van der Waals surface area contributed by atoms with Gasteiger partial charge in [0, 0.05) is 47.7 Å². The van der Waals surface area contributed by atoms with Crippen LogP contribution in [0.15, 0.2) is 36.9 Å². The number of anilines is 1. The Labute approximate surface area is 360 Å². The largest absolute Gasteiger partial charge is 0.481 e. The van der Waals surface area contributed by atoms with Crippen LogP contribution in [0.1, 0.15) is 43.3 Å². The number of halogens is 1. The van der Waals surface area contributed by atoms with Crippen LogP contribution in [-0.4, -0.2) is 140 Å². The molecule has 0 bridgehead atoms. The molecule has 2 aromatic heterocycles. The number of aliphatic carboxylic acids is 1. The molecule has 0 saturated carbocycles. The molecule has 344 valence electrons. The number of carbonyl (C=O) groups is 4. The minimum absolute atomic E-state index is 0.0151. The van der Waals surface area contributed by atoms with Crippen LogP contribution in [0.25, 0.3) is 11.2 Å². The van der Waals surface area contributed by atoms with E-state index in [1.165, 1.54) is 38.1 Å². The fourth-order valence-corrected chi connectivity index (χ4v) is 9.34. The second kappa shape index (κ2) is 21.5. The van der Waals surface area contributed by atoms with E-state index in [-0.39, 0.29) is 48.7 Å². The molecular weight excluding hydrogens is 935 g/mol. The fourth-order valence-electron chi connectivity index (χ4n) is 5.47. The lowest BCUT2D eigenvalue weighted by Gasteiger charge is -2.30. The average Bonchev–Trinajstić information content (AvgIpc) is 3.74. The van der Waals surface area contributed by atoms with E-state index in [4.69, 9.17) is 31.1 Å². The Hall–Kier alpha value is -3.46. The molecule has 1 aromatic carbocycles. The van der Waals surface area contributed by atoms with Gasteiger partial charge in [0.05, 0.1) is 19.5 Å². The Morgan fingerprint density at radius 1 is 1.02 bits per heavy atom. The first kappa shape index (κ1) is 51.2. The molecule has 0 spiro atoms. The number of benzene rings is 1. The molecule has 2 amide bonds. The number of ether oxygens (including phenoxy) is 1. The predicted molar refractivity (Wildman–Crippen MR) is 214 cm³/mol. The summed E-state index contributed by atoms with van der Waals surface area (Å²) in [5.74, 6) is -3.12. The minimum Gasteiger partial charge on any atom is -0.480 e. The Kier molecular flexibility index (Phi) is 17.7. The quantitative estimate of drug-likeness (QED) is 0.0332. The zero-order valence-electron chi connectivity index (χ0n) is 32.4. The van der Waals surface area contributed by atoms with E-state index in [0.717, 1.165) is 29.0 Å². The van der Waals surface area contributed by atoms with Gasteiger partial charge in [-0.15, -0.1) is 11.8 Å². The first-order valence-electron chi connectivity index (χ1n) is 17.8. The summed E-state index contributed by atoms with van der Waals surface area (Å²) in [5, 5.41) is 35.2. The van der Waals surface area contributed by atoms with E-state index in [1.807, 2.05) is 0 Å². The molecule has 0 radical (unpaired) electrons. The van der Waals surface area contributed by atoms with Gasteiger partial charge in [0.25, 0.3) is 0 Å². The summed E-state index contributed by atoms with van der Waals surface area (Å²) < 4.78 is 62.2. The number of imidazole rings is 1. The number of phosphoric acid groups is 3. The van der Waals surface area contributed by atoms with Gasteiger partial charge in [-0.2, -0.15) is 4.31 Å². The molecule has 1 saturated heterocycles. The maximum Gasteiger partial charge on any atom is 0.481 e. The molecule has 1 fully saturated rings. The summed E-state index contributed by atoms with van der Waals surface area (Å²) in [5.41, 5.74) is 4.47. The van der Waals surface area contributed by atoms with Crippen LogP contribution in [-0.2, 0) is 50.7 Å². The van der Waals surface area contributed by atoms with Crippen molar-refractivity contribution in [2.24, 2.45) is 5.41 Å². The number of hydrogen-bond acceptors (Lipinski definition) is 19. The number of Topliss-reactive ketones (excluding diaryl/α,β-unsaturated/α-hetero) is 1. The van der Waals surface area contributed by atoms with Crippen molar-refractivity contribution in [2.45, 2.75) is 62.6 Å². The number of thioether (sulfide) groups is 1. The predicted octanol–water partition coefficient (Wildman–Crippen LogP) is 0.518. The van der Waals surface area contributed by atoms with Crippen molar-refractivity contribution in [3.63, 3.8) is 0 Å². The number of rotatable bonds is 24. The van der Waals surface area contributed by atoms with Crippen LogP contribution >= 0.6 is 46.8 Å². The molecule has 1 aliphatic rings. The third-order valence-corrected chi connectivity index (χ3v) is 13.2. The molecule has 31 heteroatoms. The highest BCUT2D eigenvalue weighted by Gasteiger charge is 2.50. The van der Waals surface area contributed by atoms with Crippen LogP contribution in [0.3, 0.4) is 0 Å². The Bertz CT molecular complexity index is 2230. The fraction of sp³-hybridized carbons (Fsp3) is 0.516. The van der Waals surface area contributed by atoms with Gasteiger partial charge in [-0.1, -0.05) is 25.4 Å². The summed E-state index contributed by atoms with van der Waals surface area (Å²) in [6.07, 6.45) is -7.48. The first-order chi connectivity index (χ1) is 28.8. The van der Waals surface area contributed by atoms with E-state index in [2.05, 4.69) is 34.4 Å². The third kappa shape index (κ3) is 14.8. The normalized spacial score (nSPS) is 21.1. The monoisotopic (exact) mass is 977 g/mol. The van der Waals surface area contributed by atoms with Crippen molar-refractivity contribution in [2.75, 3.05) is 37.8 Å². The molecule has 8 atom stereocenters. The van der Waals surface area contributed by atoms with Gasteiger partial charge in [0.1, 0.15) is 41.5 Å². The maximum absolute atomic E-state index is 12.7. The number of carbonyl (C=O) groups excluding carboxylic acids is 3. The molecular formula is C31H43ClN7O19P3S. The first-order valence-corrected chi connectivity index (χ1v) is 23.8. The Morgan fingerprint density at radius 2 is 1.68 bits per heavy atom. The number of nitrogen functional groups attached to an aromatic ring is 1. The summed E-state index contributed by atoms with van der Waals surface area (Å²) in [6, 6.07) is 5.97. The van der Waals surface area contributed by atoms with Crippen molar-refractivity contribution in [1.29, 1.82) is 0 Å². The number of aromatic nitrogens is 4. The molecule has 0 aliphatic carbocycles. The number of ketones is 1. The van der Waals surface area contributed by atoms with E-state index in [1.54, 1.807) is 0 Å². The summed E-state index contributed by atoms with van der Waals surface area (Å²) >= 11 is 6.76. The smallest absolute Gasteiger partial charge is 0.480 e. The zero-order valence-corrected chi connectivity index (χ0v) is 36.7. The summed E-state index contributed by atoms with van der Waals surface area (Å²) in [7, 11) is -16.5. The van der Waals surface area contributed by atoms with Crippen LogP contribution in [0.2, 0.25) is 5.02 Å². The Balaban J connectivity index is 1.21. The number of phosphoric ester groups is 3. The zero-order chi connectivity index (χ0) is 46.2. The highest BCUT2D eigenvalue weighted by Crippen LogP contribution is 2.61. The number of nitrogens with one attached hydrogen (secondary N) is 2. The number of fused-ring (bicyclic) bond motifs is 1. The van der Waals surface area contributed by atoms with Gasteiger partial charge in [0.15, 0.2) is 23.5 Å². The van der Waals surface area contributed by atoms with Gasteiger partial charge >= 0.3 is 29.4 Å². The number of hydrogen-bond donors (Lipinski definition) is 10. The molecule has 3 aromatic rings. The second-order valence-corrected chi connectivity index (χ2v) is 19.9. The number of aliphatic hydroxyl groups excluding tert-OH is 2. The average molecular weight is 978 g/mol. The molecule has 4 rings (SSSR count). The molecule has 3 unspecified atom stereocenters. The highest BCUT2D eigenvalue weighted by atomic mass is 35.5. The number of nitrogens with two attached hydrogens (primary N) is 1. The van der Waals surface area contributed by atoms with Crippen molar-refractivity contribution >= 4 is 87.4 Å². The lowest BCUT2D eigenvalue weighted by Crippen LogP contribution is -2.46. The lowest BCUT2D eigenvalue weighted by atomic mass is 9.87. The van der Waals surface area contributed by atoms with Crippen molar-refractivity contribution in [3.8, 4) is 0 Å². The van der Waals surface area contributed by atoms with E-state index in [9.17, 15) is 67.8 Å². The SMILES string of the molecule is CC(C)(COP(=O)(O)OP(=O)(O)OC[C@H]1O[C@@H](n2cnc3c(N)ncnc32)[C@H](O)[C@@H]1OP(=O)(O)O)[C@@H](O)C(=O)NCCC(=O)NCCSC(CC(=O)c1ccc(Cl)cc1)C(=O)O. The van der Waals surface area contributed by atoms with E-state index < -0.39 is 102 Å². The van der Waals surface area contributed by atoms with Gasteiger partial charge in [-0.05, 0) is 24.3 Å². The number of amides is 2. The summed E-state index contributed by atoms with van der Waals surface area (Å²) in [4.78, 5) is 100. The van der Waals surface area contributed by atoms with Crippen LogP contribution in [0, 0.1) is 5.41 Å². The third-order valence-electron chi connectivity index (χ3n) is 8.63. The standard InChI is InChI=1S/C31H43ClN7O19P3S/c1-31(2,25(43)28(44)35-8-7-21(41)34-9-10-62-20(30(45)46)11-18(40)16-3-5-17(32)6-4-16)13-55-61(52,53)58-60(50,51)54-12-19-24(57-59(47,48)49)23(42)29(56-19)39-15-38-22-26(33)36-14-37-27(22)39/h3-6,14-15,19-20,23-25,29,42-43H,7-13H2,1-2H3,(H,34,41)(H,35,44)(H,45,46)(H,50,51)(H,52,53)(H2,33,36,37)(H2,47,48,49)/t19-,20?,23-,24-,25+,29-/m1/s1.